The monoisotopic (exact) mass is 158 g/mol. The molecule has 3 aromatic rings. The van der Waals surface area contributed by atoms with E-state index >= 15 is 0 Å². The Morgan fingerprint density at radius 3 is 3.17 bits per heavy atom. The highest BCUT2D eigenvalue weighted by molar-refractivity contribution is 6.03. The number of aromatic amines is 2. The summed E-state index contributed by atoms with van der Waals surface area (Å²) in [6, 6.07) is 3.98. The maximum atomic E-state index is 3.93. The third-order valence-corrected chi connectivity index (χ3v) is 2.04. The molecule has 1 aromatic carbocycles. The number of nitrogens with one attached hydrogen (secondary N) is 2. The summed E-state index contributed by atoms with van der Waals surface area (Å²) < 4.78 is 0. The van der Waals surface area contributed by atoms with Gasteiger partial charge >= 0.3 is 0 Å². The Labute approximate surface area is 67.6 Å². The van der Waals surface area contributed by atoms with Gasteiger partial charge in [-0.15, -0.1) is 5.10 Å². The lowest BCUT2D eigenvalue weighted by atomic mass is 10.2. The average Bonchev–Trinajstić information content (AvgIpc) is 2.71. The van der Waals surface area contributed by atoms with Crippen molar-refractivity contribution in [2.75, 3.05) is 0 Å². The van der Waals surface area contributed by atoms with E-state index < -0.39 is 0 Å². The molecule has 0 bridgehead atoms. The van der Waals surface area contributed by atoms with Crippen LogP contribution >= 0.6 is 0 Å². The standard InChI is InChI=1S/C8H6N4/c1-2-7-8(11-12-10-7)6-4-9-3-5(1)6/h1-4,9H,(H,10,11,12). The van der Waals surface area contributed by atoms with Crippen molar-refractivity contribution >= 4 is 21.8 Å². The van der Waals surface area contributed by atoms with Crippen LogP contribution in [0.4, 0.5) is 0 Å². The molecule has 0 saturated heterocycles. The van der Waals surface area contributed by atoms with Gasteiger partial charge in [-0.2, -0.15) is 0 Å². The van der Waals surface area contributed by atoms with Crippen LogP contribution in [-0.2, 0) is 0 Å². The van der Waals surface area contributed by atoms with Crippen LogP contribution in [0.5, 0.6) is 0 Å². The van der Waals surface area contributed by atoms with Crippen molar-refractivity contribution < 1.29 is 0 Å². The normalized spacial score (nSPS) is 11.3. The summed E-state index contributed by atoms with van der Waals surface area (Å²) in [5.74, 6) is 0. The van der Waals surface area contributed by atoms with Crippen molar-refractivity contribution in [3.05, 3.63) is 24.5 Å². The van der Waals surface area contributed by atoms with E-state index in [9.17, 15) is 0 Å². The van der Waals surface area contributed by atoms with Crippen LogP contribution in [0.15, 0.2) is 24.5 Å². The fourth-order valence-electron chi connectivity index (χ4n) is 1.45. The van der Waals surface area contributed by atoms with Gasteiger partial charge in [-0.1, -0.05) is 11.3 Å². The highest BCUT2D eigenvalue weighted by Gasteiger charge is 2.02. The topological polar surface area (TPSA) is 57.4 Å². The third-order valence-electron chi connectivity index (χ3n) is 2.04. The molecule has 0 unspecified atom stereocenters. The molecule has 0 radical (unpaired) electrons. The molecule has 2 heterocycles. The molecule has 0 aliphatic carbocycles. The summed E-state index contributed by atoms with van der Waals surface area (Å²) in [6.07, 6.45) is 3.90. The molecular formula is C8H6N4. The van der Waals surface area contributed by atoms with Gasteiger partial charge in [-0.3, -0.25) is 5.10 Å². The minimum Gasteiger partial charge on any atom is -0.366 e. The van der Waals surface area contributed by atoms with Gasteiger partial charge < -0.3 is 4.98 Å². The fraction of sp³-hybridized carbons (Fsp3) is 0. The minimum atomic E-state index is 0.905. The Kier molecular flexibility index (Phi) is 0.889. The predicted octanol–water partition coefficient (Wildman–Crippen LogP) is 1.44. The summed E-state index contributed by atoms with van der Waals surface area (Å²) >= 11 is 0. The van der Waals surface area contributed by atoms with Crippen molar-refractivity contribution in [2.24, 2.45) is 0 Å². The quantitative estimate of drug-likeness (QED) is 0.520. The molecule has 12 heavy (non-hydrogen) atoms. The SMILES string of the molecule is c1cc2nn[nH]c2c2c[nH]cc12. The number of hydrogen-bond donors (Lipinski definition) is 2. The van der Waals surface area contributed by atoms with E-state index in [-0.39, 0.29) is 0 Å². The van der Waals surface area contributed by atoms with Crippen molar-refractivity contribution in [1.82, 2.24) is 20.4 Å². The third kappa shape index (κ3) is 0.567. The van der Waals surface area contributed by atoms with Crippen molar-refractivity contribution in [2.45, 2.75) is 0 Å². The van der Waals surface area contributed by atoms with Gasteiger partial charge in [-0.05, 0) is 6.07 Å². The highest BCUT2D eigenvalue weighted by atomic mass is 15.3. The van der Waals surface area contributed by atoms with E-state index in [0.717, 1.165) is 16.4 Å². The number of fused-ring (bicyclic) bond motifs is 3. The van der Waals surface area contributed by atoms with E-state index in [4.69, 9.17) is 0 Å². The van der Waals surface area contributed by atoms with Gasteiger partial charge in [0.05, 0.1) is 5.52 Å². The van der Waals surface area contributed by atoms with E-state index in [2.05, 4.69) is 20.4 Å². The maximum Gasteiger partial charge on any atom is 0.113 e. The van der Waals surface area contributed by atoms with Crippen LogP contribution in [0.25, 0.3) is 21.8 Å². The molecule has 4 heteroatoms. The summed E-state index contributed by atoms with van der Waals surface area (Å²) in [5, 5.41) is 12.8. The molecule has 0 aliphatic heterocycles. The second kappa shape index (κ2) is 1.85. The zero-order valence-electron chi connectivity index (χ0n) is 6.20. The van der Waals surface area contributed by atoms with Crippen LogP contribution < -0.4 is 0 Å². The first-order chi connectivity index (χ1) is 5.95. The summed E-state index contributed by atoms with van der Waals surface area (Å²) in [4.78, 5) is 3.04. The Morgan fingerprint density at radius 1 is 1.17 bits per heavy atom. The molecule has 0 atom stereocenters. The Hall–Kier alpha value is -1.84. The summed E-state index contributed by atoms with van der Waals surface area (Å²) in [7, 11) is 0. The van der Waals surface area contributed by atoms with Crippen LogP contribution in [0.1, 0.15) is 0 Å². The lowest BCUT2D eigenvalue weighted by Crippen LogP contribution is -1.69. The summed E-state index contributed by atoms with van der Waals surface area (Å²) in [5.41, 5.74) is 1.90. The Bertz CT molecular complexity index is 484. The number of hydrogen-bond acceptors (Lipinski definition) is 2. The van der Waals surface area contributed by atoms with Crippen LogP contribution in [0, 0.1) is 0 Å². The second-order valence-electron chi connectivity index (χ2n) is 2.73. The molecule has 0 fully saturated rings. The van der Waals surface area contributed by atoms with E-state index in [1.165, 1.54) is 5.39 Å². The number of aromatic nitrogens is 4. The average molecular weight is 158 g/mol. The first-order valence-corrected chi connectivity index (χ1v) is 3.71. The largest absolute Gasteiger partial charge is 0.366 e. The Morgan fingerprint density at radius 2 is 2.17 bits per heavy atom. The molecule has 0 spiro atoms. The van der Waals surface area contributed by atoms with E-state index in [1.54, 1.807) is 0 Å². The molecule has 4 nitrogen and oxygen atoms in total. The number of nitrogens with zero attached hydrogens (tertiary/aromatic N) is 2. The lowest BCUT2D eigenvalue weighted by molar-refractivity contribution is 0.960. The molecule has 58 valence electrons. The van der Waals surface area contributed by atoms with E-state index in [1.807, 2.05) is 24.5 Å². The molecule has 3 rings (SSSR count). The van der Waals surface area contributed by atoms with Gasteiger partial charge in [-0.25, -0.2) is 0 Å². The molecule has 0 saturated carbocycles. The maximum absolute atomic E-state index is 3.93. The van der Waals surface area contributed by atoms with Crippen LogP contribution in [0.3, 0.4) is 0 Å². The number of benzene rings is 1. The molecule has 2 aromatic heterocycles. The highest BCUT2D eigenvalue weighted by Crippen LogP contribution is 2.20. The van der Waals surface area contributed by atoms with Crippen LogP contribution in [-0.4, -0.2) is 20.4 Å². The first kappa shape index (κ1) is 5.77. The predicted molar refractivity (Wildman–Crippen MR) is 45.7 cm³/mol. The molecular weight excluding hydrogens is 152 g/mol. The Balaban J connectivity index is 2.71. The molecule has 2 N–H and O–H groups in total. The first-order valence-electron chi connectivity index (χ1n) is 3.71. The van der Waals surface area contributed by atoms with E-state index in [0.29, 0.717) is 0 Å². The zero-order chi connectivity index (χ0) is 7.97. The van der Waals surface area contributed by atoms with Crippen molar-refractivity contribution in [3.63, 3.8) is 0 Å². The number of rotatable bonds is 0. The minimum absolute atomic E-state index is 0.905. The van der Waals surface area contributed by atoms with Gasteiger partial charge in [0.1, 0.15) is 5.52 Å². The molecule has 0 aliphatic rings. The smallest absolute Gasteiger partial charge is 0.113 e. The lowest BCUT2D eigenvalue weighted by Gasteiger charge is -1.87. The van der Waals surface area contributed by atoms with Crippen LogP contribution in [0.2, 0.25) is 0 Å². The van der Waals surface area contributed by atoms with Crippen molar-refractivity contribution in [3.8, 4) is 0 Å². The number of H-pyrrole nitrogens is 2. The van der Waals surface area contributed by atoms with Gasteiger partial charge in [0, 0.05) is 23.2 Å². The van der Waals surface area contributed by atoms with Crippen molar-refractivity contribution in [1.29, 1.82) is 0 Å². The molecule has 0 amide bonds. The van der Waals surface area contributed by atoms with Gasteiger partial charge in [0.2, 0.25) is 0 Å². The summed E-state index contributed by atoms with van der Waals surface area (Å²) in [6.45, 7) is 0. The fourth-order valence-corrected chi connectivity index (χ4v) is 1.45. The zero-order valence-corrected chi connectivity index (χ0v) is 6.20. The van der Waals surface area contributed by atoms with Gasteiger partial charge in [0.15, 0.2) is 0 Å². The second-order valence-corrected chi connectivity index (χ2v) is 2.73. The van der Waals surface area contributed by atoms with Gasteiger partial charge in [0.25, 0.3) is 0 Å².